The van der Waals surface area contributed by atoms with Gasteiger partial charge in [-0.05, 0) is 30.7 Å². The summed E-state index contributed by atoms with van der Waals surface area (Å²) in [6, 6.07) is 14.3. The van der Waals surface area contributed by atoms with E-state index in [4.69, 9.17) is 4.74 Å². The number of rotatable bonds is 3. The number of nitrogens with one attached hydrogen (secondary N) is 2. The van der Waals surface area contributed by atoms with Gasteiger partial charge in [0.1, 0.15) is 11.3 Å². The molecule has 3 aliphatic rings. The second-order valence-electron chi connectivity index (χ2n) is 7.85. The number of hydrogen-bond donors (Lipinski definition) is 2. The van der Waals surface area contributed by atoms with Gasteiger partial charge in [-0.2, -0.15) is 0 Å². The van der Waals surface area contributed by atoms with Gasteiger partial charge in [0.25, 0.3) is 0 Å². The summed E-state index contributed by atoms with van der Waals surface area (Å²) in [5.74, 6) is -1.43. The van der Waals surface area contributed by atoms with Crippen molar-refractivity contribution in [3.63, 3.8) is 0 Å². The van der Waals surface area contributed by atoms with Gasteiger partial charge < -0.3 is 10.1 Å². The molecule has 4 atom stereocenters. The number of ether oxygens (including phenoxy) is 1. The van der Waals surface area contributed by atoms with E-state index in [1.807, 2.05) is 43.3 Å². The molecule has 7 nitrogen and oxygen atoms in total. The van der Waals surface area contributed by atoms with Crippen molar-refractivity contribution in [3.05, 3.63) is 59.7 Å². The molecule has 2 aromatic rings. The zero-order chi connectivity index (χ0) is 20.3. The molecule has 3 aliphatic heterocycles. The lowest BCUT2D eigenvalue weighted by molar-refractivity contribution is -0.143. The molecule has 2 fully saturated rings. The van der Waals surface area contributed by atoms with E-state index in [-0.39, 0.29) is 30.3 Å². The maximum absolute atomic E-state index is 13.4. The maximum Gasteiger partial charge on any atom is 0.250 e. The first kappa shape index (κ1) is 17.9. The summed E-state index contributed by atoms with van der Waals surface area (Å²) in [6.45, 7) is 2.05. The number of carbonyl (C=O) groups is 3. The average molecular weight is 391 g/mol. The molecule has 0 radical (unpaired) electrons. The summed E-state index contributed by atoms with van der Waals surface area (Å²) in [4.78, 5) is 41.0. The van der Waals surface area contributed by atoms with Gasteiger partial charge >= 0.3 is 0 Å². The Morgan fingerprint density at radius 3 is 2.48 bits per heavy atom. The van der Waals surface area contributed by atoms with E-state index < -0.39 is 17.4 Å². The quantitative estimate of drug-likeness (QED) is 0.777. The Morgan fingerprint density at radius 2 is 1.76 bits per heavy atom. The van der Waals surface area contributed by atoms with Gasteiger partial charge in [-0.15, -0.1) is 0 Å². The first-order valence-corrected chi connectivity index (χ1v) is 9.64. The second-order valence-corrected chi connectivity index (χ2v) is 7.85. The summed E-state index contributed by atoms with van der Waals surface area (Å²) in [7, 11) is 1.59. The van der Waals surface area contributed by atoms with Crippen LogP contribution < -0.4 is 15.4 Å². The SMILES string of the molecule is COc1ccc(CN2C(=O)[C@@H]3[C@H](C)N[C@]4(C(=O)Nc5ccccc54)[C@H]3C2=O)cc1. The van der Waals surface area contributed by atoms with Crippen LogP contribution in [0.3, 0.4) is 0 Å². The fourth-order valence-corrected chi connectivity index (χ4v) is 5.05. The lowest BCUT2D eigenvalue weighted by Gasteiger charge is -2.29. The van der Waals surface area contributed by atoms with Crippen molar-refractivity contribution in [3.8, 4) is 5.75 Å². The van der Waals surface area contributed by atoms with E-state index in [0.717, 1.165) is 11.1 Å². The minimum absolute atomic E-state index is 0.181. The van der Waals surface area contributed by atoms with Crippen molar-refractivity contribution in [1.82, 2.24) is 10.2 Å². The van der Waals surface area contributed by atoms with Crippen molar-refractivity contribution < 1.29 is 19.1 Å². The molecule has 148 valence electrons. The van der Waals surface area contributed by atoms with Crippen LogP contribution in [0.1, 0.15) is 18.1 Å². The van der Waals surface area contributed by atoms with Gasteiger partial charge in [-0.1, -0.05) is 30.3 Å². The third-order valence-electron chi connectivity index (χ3n) is 6.36. The van der Waals surface area contributed by atoms with Crippen molar-refractivity contribution in [1.29, 1.82) is 0 Å². The summed E-state index contributed by atoms with van der Waals surface area (Å²) in [5.41, 5.74) is 1.05. The summed E-state index contributed by atoms with van der Waals surface area (Å²) in [5, 5.41) is 6.18. The Balaban J connectivity index is 1.53. The van der Waals surface area contributed by atoms with E-state index in [1.54, 1.807) is 19.2 Å². The molecular weight excluding hydrogens is 370 g/mol. The highest BCUT2D eigenvalue weighted by Crippen LogP contribution is 2.52. The minimum atomic E-state index is -1.21. The van der Waals surface area contributed by atoms with Crippen LogP contribution in [-0.2, 0) is 26.5 Å². The van der Waals surface area contributed by atoms with Crippen LogP contribution in [0.15, 0.2) is 48.5 Å². The van der Waals surface area contributed by atoms with Crippen molar-refractivity contribution in [2.75, 3.05) is 12.4 Å². The summed E-state index contributed by atoms with van der Waals surface area (Å²) in [6.07, 6.45) is 0. The van der Waals surface area contributed by atoms with Crippen LogP contribution in [0, 0.1) is 11.8 Å². The monoisotopic (exact) mass is 391 g/mol. The lowest BCUT2D eigenvalue weighted by atomic mass is 9.76. The molecule has 0 bridgehead atoms. The number of para-hydroxylation sites is 1. The van der Waals surface area contributed by atoms with Crippen LogP contribution in [0.2, 0.25) is 0 Å². The first-order chi connectivity index (χ1) is 14.0. The van der Waals surface area contributed by atoms with Crippen LogP contribution >= 0.6 is 0 Å². The van der Waals surface area contributed by atoms with E-state index in [0.29, 0.717) is 11.4 Å². The molecule has 2 N–H and O–H groups in total. The highest BCUT2D eigenvalue weighted by atomic mass is 16.5. The fourth-order valence-electron chi connectivity index (χ4n) is 5.05. The molecule has 7 heteroatoms. The molecule has 0 saturated carbocycles. The third-order valence-corrected chi connectivity index (χ3v) is 6.36. The molecule has 29 heavy (non-hydrogen) atoms. The first-order valence-electron chi connectivity index (χ1n) is 9.64. The van der Waals surface area contributed by atoms with Gasteiger partial charge in [0, 0.05) is 17.3 Å². The highest BCUT2D eigenvalue weighted by Gasteiger charge is 2.69. The Kier molecular flexibility index (Phi) is 3.79. The Hall–Kier alpha value is -3.19. The minimum Gasteiger partial charge on any atom is -0.497 e. The Bertz CT molecular complexity index is 1030. The summed E-state index contributed by atoms with van der Waals surface area (Å²) >= 11 is 0. The number of imide groups is 1. The second kappa shape index (κ2) is 6.15. The number of hydrogen-bond acceptors (Lipinski definition) is 5. The highest BCUT2D eigenvalue weighted by molar-refractivity contribution is 6.15. The predicted molar refractivity (Wildman–Crippen MR) is 105 cm³/mol. The number of nitrogens with zero attached hydrogens (tertiary/aromatic N) is 1. The van der Waals surface area contributed by atoms with Gasteiger partial charge in [-0.3, -0.25) is 24.6 Å². The molecular formula is C22H21N3O4. The molecule has 0 unspecified atom stereocenters. The molecule has 3 amide bonds. The molecule has 1 spiro atoms. The molecule has 3 heterocycles. The number of likely N-dealkylation sites (tertiary alicyclic amines) is 1. The average Bonchev–Trinajstić information content (AvgIpc) is 3.28. The van der Waals surface area contributed by atoms with Gasteiger partial charge in [0.15, 0.2) is 0 Å². The lowest BCUT2D eigenvalue weighted by Crippen LogP contribution is -2.52. The van der Waals surface area contributed by atoms with Crippen LogP contribution in [0.25, 0.3) is 0 Å². The number of carbonyl (C=O) groups excluding carboxylic acids is 3. The van der Waals surface area contributed by atoms with Crippen LogP contribution in [0.4, 0.5) is 5.69 Å². The normalized spacial score (nSPS) is 29.9. The largest absolute Gasteiger partial charge is 0.497 e. The molecule has 2 aromatic carbocycles. The third kappa shape index (κ3) is 2.31. The van der Waals surface area contributed by atoms with Crippen molar-refractivity contribution in [2.45, 2.75) is 25.0 Å². The standard InChI is InChI=1S/C22H21N3O4/c1-12-17-18(22(24-12)15-5-3-4-6-16(15)23-21(22)28)20(27)25(19(17)26)11-13-7-9-14(29-2)10-8-13/h3-10,12,17-18,24H,11H2,1-2H3,(H,23,28)/t12-,17+,18+,22-/m0/s1. The molecule has 2 saturated heterocycles. The van der Waals surface area contributed by atoms with Crippen molar-refractivity contribution >= 4 is 23.4 Å². The van der Waals surface area contributed by atoms with E-state index in [9.17, 15) is 14.4 Å². The van der Waals surface area contributed by atoms with Gasteiger partial charge in [0.05, 0.1) is 25.5 Å². The predicted octanol–water partition coefficient (Wildman–Crippen LogP) is 1.64. The zero-order valence-corrected chi connectivity index (χ0v) is 16.1. The van der Waals surface area contributed by atoms with Crippen LogP contribution in [-0.4, -0.2) is 35.8 Å². The number of amides is 3. The molecule has 0 aromatic heterocycles. The van der Waals surface area contributed by atoms with Crippen molar-refractivity contribution in [2.24, 2.45) is 11.8 Å². The summed E-state index contributed by atoms with van der Waals surface area (Å²) < 4.78 is 5.16. The van der Waals surface area contributed by atoms with Crippen LogP contribution in [0.5, 0.6) is 5.75 Å². The Labute approximate surface area is 168 Å². The van der Waals surface area contributed by atoms with Gasteiger partial charge in [0.2, 0.25) is 17.7 Å². The maximum atomic E-state index is 13.4. The number of methoxy groups -OCH3 is 1. The van der Waals surface area contributed by atoms with Gasteiger partial charge in [-0.25, -0.2) is 0 Å². The zero-order valence-electron chi connectivity index (χ0n) is 16.1. The molecule has 5 rings (SSSR count). The number of benzene rings is 2. The Morgan fingerprint density at radius 1 is 1.03 bits per heavy atom. The van der Waals surface area contributed by atoms with E-state index >= 15 is 0 Å². The number of fused-ring (bicyclic) bond motifs is 4. The fraction of sp³-hybridized carbons (Fsp3) is 0.318. The van der Waals surface area contributed by atoms with E-state index in [2.05, 4.69) is 10.6 Å². The smallest absolute Gasteiger partial charge is 0.250 e. The number of anilines is 1. The van der Waals surface area contributed by atoms with E-state index in [1.165, 1.54) is 4.90 Å². The topological polar surface area (TPSA) is 87.7 Å². The molecule has 0 aliphatic carbocycles.